The van der Waals surface area contributed by atoms with Crippen molar-refractivity contribution in [3.05, 3.63) is 29.8 Å². The zero-order valence-electron chi connectivity index (χ0n) is 14.7. The Kier molecular flexibility index (Phi) is 9.43. The molecule has 3 N–H and O–H groups in total. The van der Waals surface area contributed by atoms with Gasteiger partial charge in [-0.3, -0.25) is 4.99 Å². The highest BCUT2D eigenvalue weighted by atomic mass is 127. The molecule has 0 atom stereocenters. The highest BCUT2D eigenvalue weighted by Crippen LogP contribution is 2.29. The van der Waals surface area contributed by atoms with Crippen LogP contribution in [0, 0.1) is 0 Å². The molecule has 2 rings (SSSR count). The molecule has 0 aromatic heterocycles. The van der Waals surface area contributed by atoms with E-state index < -0.39 is 5.60 Å². The lowest BCUT2D eigenvalue weighted by Crippen LogP contribution is -2.40. The number of benzene rings is 1. The van der Waals surface area contributed by atoms with Gasteiger partial charge in [-0.1, -0.05) is 25.0 Å². The number of nitrogens with one attached hydrogen (secondary N) is 2. The third kappa shape index (κ3) is 6.84. The molecule has 1 aromatic rings. The molecule has 6 heteroatoms. The lowest BCUT2D eigenvalue weighted by molar-refractivity contribution is 0.0574. The molecule has 0 unspecified atom stereocenters. The first kappa shape index (κ1) is 21.0. The van der Waals surface area contributed by atoms with Crippen LogP contribution >= 0.6 is 24.0 Å². The fraction of sp³-hybridized carbons (Fsp3) is 0.611. The lowest BCUT2D eigenvalue weighted by Gasteiger charge is -2.20. The number of methoxy groups -OCH3 is 1. The van der Waals surface area contributed by atoms with Gasteiger partial charge in [-0.05, 0) is 43.9 Å². The van der Waals surface area contributed by atoms with Gasteiger partial charge in [-0.2, -0.15) is 0 Å². The second-order valence-electron chi connectivity index (χ2n) is 6.15. The Morgan fingerprint density at radius 1 is 1.21 bits per heavy atom. The van der Waals surface area contributed by atoms with Gasteiger partial charge in [0.2, 0.25) is 0 Å². The number of aliphatic imine (C=N–C) groups is 1. The van der Waals surface area contributed by atoms with Crippen molar-refractivity contribution < 1.29 is 9.84 Å². The van der Waals surface area contributed by atoms with Crippen LogP contribution in [0.4, 0.5) is 0 Å². The van der Waals surface area contributed by atoms with Crippen molar-refractivity contribution in [3.63, 3.8) is 0 Å². The van der Waals surface area contributed by atoms with Crippen molar-refractivity contribution in [2.24, 2.45) is 4.99 Å². The summed E-state index contributed by atoms with van der Waals surface area (Å²) < 4.78 is 5.17. The number of rotatable bonds is 7. The summed E-state index contributed by atoms with van der Waals surface area (Å²) in [6.07, 6.45) is 4.85. The Morgan fingerprint density at radius 2 is 1.88 bits per heavy atom. The molecule has 0 aliphatic heterocycles. The molecule has 0 radical (unpaired) electrons. The highest BCUT2D eigenvalue weighted by molar-refractivity contribution is 14.0. The highest BCUT2D eigenvalue weighted by Gasteiger charge is 2.30. The standard InChI is InChI=1S/C18H29N3O2.HI/c1-3-19-17(21-14-18(22)11-4-5-12-18)20-13-10-15-6-8-16(23-2)9-7-15;/h6-9,22H,3-5,10-14H2,1-2H3,(H2,19,20,21);1H. The van der Waals surface area contributed by atoms with Crippen molar-refractivity contribution in [3.8, 4) is 5.75 Å². The maximum absolute atomic E-state index is 10.4. The Labute approximate surface area is 162 Å². The summed E-state index contributed by atoms with van der Waals surface area (Å²) in [5, 5.41) is 17.0. The average Bonchev–Trinajstić information content (AvgIpc) is 3.00. The smallest absolute Gasteiger partial charge is 0.191 e. The summed E-state index contributed by atoms with van der Waals surface area (Å²) in [6.45, 7) is 4.14. The van der Waals surface area contributed by atoms with E-state index in [1.807, 2.05) is 19.1 Å². The van der Waals surface area contributed by atoms with Crippen LogP contribution in [0.3, 0.4) is 0 Å². The predicted molar refractivity (Wildman–Crippen MR) is 110 cm³/mol. The van der Waals surface area contributed by atoms with E-state index in [2.05, 4.69) is 27.8 Å². The largest absolute Gasteiger partial charge is 0.497 e. The Bertz CT molecular complexity index is 499. The third-order valence-electron chi connectivity index (χ3n) is 4.28. The Balaban J connectivity index is 0.00000288. The van der Waals surface area contributed by atoms with Crippen LogP contribution in [0.25, 0.3) is 0 Å². The van der Waals surface area contributed by atoms with Crippen molar-refractivity contribution in [2.75, 3.05) is 26.7 Å². The van der Waals surface area contributed by atoms with Gasteiger partial charge in [0.1, 0.15) is 5.75 Å². The van der Waals surface area contributed by atoms with Crippen LogP contribution in [0.15, 0.2) is 29.3 Å². The second kappa shape index (κ2) is 10.8. The van der Waals surface area contributed by atoms with E-state index in [0.717, 1.165) is 56.9 Å². The van der Waals surface area contributed by atoms with Gasteiger partial charge in [0.25, 0.3) is 0 Å². The maximum Gasteiger partial charge on any atom is 0.191 e. The zero-order chi connectivity index (χ0) is 16.5. The molecule has 1 aliphatic carbocycles. The van der Waals surface area contributed by atoms with Crippen LogP contribution < -0.4 is 15.4 Å². The first-order chi connectivity index (χ1) is 11.1. The van der Waals surface area contributed by atoms with E-state index in [1.165, 1.54) is 5.56 Å². The maximum atomic E-state index is 10.4. The van der Waals surface area contributed by atoms with Crippen molar-refractivity contribution in [2.45, 2.75) is 44.6 Å². The first-order valence-corrected chi connectivity index (χ1v) is 8.53. The van der Waals surface area contributed by atoms with E-state index >= 15 is 0 Å². The van der Waals surface area contributed by atoms with Crippen LogP contribution in [0.1, 0.15) is 38.2 Å². The van der Waals surface area contributed by atoms with Crippen LogP contribution in [0.2, 0.25) is 0 Å². The molecule has 5 nitrogen and oxygen atoms in total. The molecular formula is C18H30IN3O2. The van der Waals surface area contributed by atoms with E-state index in [4.69, 9.17) is 4.74 Å². The summed E-state index contributed by atoms with van der Waals surface area (Å²) in [5.74, 6) is 1.66. The minimum absolute atomic E-state index is 0. The third-order valence-corrected chi connectivity index (χ3v) is 4.28. The summed E-state index contributed by atoms with van der Waals surface area (Å²) >= 11 is 0. The van der Waals surface area contributed by atoms with Crippen LogP contribution in [-0.4, -0.2) is 43.4 Å². The molecule has 0 bridgehead atoms. The molecule has 0 saturated heterocycles. The quantitative estimate of drug-likeness (QED) is 0.342. The summed E-state index contributed by atoms with van der Waals surface area (Å²) in [7, 11) is 1.67. The van der Waals surface area contributed by atoms with Gasteiger partial charge in [-0.15, -0.1) is 24.0 Å². The number of aliphatic hydroxyl groups is 1. The lowest BCUT2D eigenvalue weighted by atomic mass is 10.0. The molecular weight excluding hydrogens is 417 g/mol. The first-order valence-electron chi connectivity index (χ1n) is 8.53. The molecule has 136 valence electrons. The monoisotopic (exact) mass is 447 g/mol. The number of guanidine groups is 1. The van der Waals surface area contributed by atoms with E-state index in [9.17, 15) is 5.11 Å². The Hall–Kier alpha value is -1.02. The number of hydrogen-bond donors (Lipinski definition) is 3. The van der Waals surface area contributed by atoms with Gasteiger partial charge in [0, 0.05) is 13.1 Å². The summed E-state index contributed by atoms with van der Waals surface area (Å²) in [6, 6.07) is 8.10. The number of nitrogens with zero attached hydrogens (tertiary/aromatic N) is 1. The molecule has 1 aliphatic rings. The second-order valence-corrected chi connectivity index (χ2v) is 6.15. The molecule has 0 spiro atoms. The molecule has 1 fully saturated rings. The number of halogens is 1. The van der Waals surface area contributed by atoms with Gasteiger partial charge in [0.05, 0.1) is 19.3 Å². The van der Waals surface area contributed by atoms with Crippen molar-refractivity contribution >= 4 is 29.9 Å². The molecule has 0 amide bonds. The number of ether oxygens (including phenoxy) is 1. The normalized spacial score (nSPS) is 16.4. The van der Waals surface area contributed by atoms with Gasteiger partial charge < -0.3 is 20.5 Å². The predicted octanol–water partition coefficient (Wildman–Crippen LogP) is 2.72. The van der Waals surface area contributed by atoms with E-state index in [1.54, 1.807) is 7.11 Å². The fourth-order valence-corrected chi connectivity index (χ4v) is 2.88. The summed E-state index contributed by atoms with van der Waals surface area (Å²) in [5.41, 5.74) is 0.654. The van der Waals surface area contributed by atoms with Crippen LogP contribution in [0.5, 0.6) is 5.75 Å². The SMILES string of the molecule is CCNC(=NCC1(O)CCCC1)NCCc1ccc(OC)cc1.I. The number of hydrogen-bond acceptors (Lipinski definition) is 3. The average molecular weight is 447 g/mol. The minimum atomic E-state index is -0.599. The van der Waals surface area contributed by atoms with Gasteiger partial charge in [0.15, 0.2) is 5.96 Å². The molecule has 24 heavy (non-hydrogen) atoms. The van der Waals surface area contributed by atoms with Crippen molar-refractivity contribution in [1.82, 2.24) is 10.6 Å². The minimum Gasteiger partial charge on any atom is -0.497 e. The zero-order valence-corrected chi connectivity index (χ0v) is 17.0. The molecule has 1 saturated carbocycles. The van der Waals surface area contributed by atoms with E-state index in [0.29, 0.717) is 6.54 Å². The van der Waals surface area contributed by atoms with Crippen LogP contribution in [-0.2, 0) is 6.42 Å². The Morgan fingerprint density at radius 3 is 2.46 bits per heavy atom. The van der Waals surface area contributed by atoms with Gasteiger partial charge in [-0.25, -0.2) is 0 Å². The summed E-state index contributed by atoms with van der Waals surface area (Å²) in [4.78, 5) is 4.55. The van der Waals surface area contributed by atoms with E-state index in [-0.39, 0.29) is 24.0 Å². The van der Waals surface area contributed by atoms with Gasteiger partial charge >= 0.3 is 0 Å². The fourth-order valence-electron chi connectivity index (χ4n) is 2.88. The molecule has 0 heterocycles. The topological polar surface area (TPSA) is 65.9 Å². The molecule has 1 aromatic carbocycles. The van der Waals surface area contributed by atoms with Crippen molar-refractivity contribution in [1.29, 1.82) is 0 Å².